The fraction of sp³-hybridized carbons (Fsp3) is 0.300. The summed E-state index contributed by atoms with van der Waals surface area (Å²) in [5, 5.41) is 17.2. The molecule has 0 saturated heterocycles. The largest absolute Gasteiger partial charge is 0.416 e. The van der Waals surface area contributed by atoms with Crippen molar-refractivity contribution < 1.29 is 13.2 Å². The lowest BCUT2D eigenvalue weighted by Crippen LogP contribution is -2.26. The number of halogens is 3. The Morgan fingerprint density at radius 1 is 1.26 bits per heavy atom. The Labute approximate surface area is 106 Å². The third-order valence-corrected chi connectivity index (χ3v) is 2.13. The van der Waals surface area contributed by atoms with Gasteiger partial charge in [0, 0.05) is 0 Å². The summed E-state index contributed by atoms with van der Waals surface area (Å²) in [7, 11) is 0. The summed E-state index contributed by atoms with van der Waals surface area (Å²) in [4.78, 5) is 4.90. The van der Waals surface area contributed by atoms with Crippen LogP contribution in [0.25, 0.3) is 0 Å². The Hall–Kier alpha value is -2.52. The highest BCUT2D eigenvalue weighted by molar-refractivity contribution is 5.51. The van der Waals surface area contributed by atoms with Crippen LogP contribution in [0.4, 0.5) is 24.8 Å². The topological polar surface area (TPSA) is 102 Å². The monoisotopic (exact) mass is 270 g/mol. The van der Waals surface area contributed by atoms with Gasteiger partial charge in [0.25, 0.3) is 0 Å². The highest BCUT2D eigenvalue weighted by atomic mass is 19.4. The molecule has 0 aliphatic rings. The van der Waals surface area contributed by atoms with E-state index < -0.39 is 11.7 Å². The van der Waals surface area contributed by atoms with Crippen molar-refractivity contribution in [3.63, 3.8) is 0 Å². The number of rotatable bonds is 4. The van der Waals surface area contributed by atoms with Crippen LogP contribution in [0, 0.1) is 22.7 Å². The number of nitriles is 2. The number of hydrazine groups is 1. The number of hydrogen-bond donors (Lipinski definition) is 2. The maximum atomic E-state index is 12.7. The Morgan fingerprint density at radius 3 is 2.26 bits per heavy atom. The van der Waals surface area contributed by atoms with Crippen LogP contribution in [0.5, 0.6) is 0 Å². The predicted molar refractivity (Wildman–Crippen MR) is 60.5 cm³/mol. The molecule has 0 bridgehead atoms. The molecule has 0 amide bonds. The molecule has 0 unspecified atom stereocenters. The third kappa shape index (κ3) is 3.72. The van der Waals surface area contributed by atoms with Crippen molar-refractivity contribution in [2.75, 3.05) is 23.4 Å². The molecule has 0 fully saturated rings. The van der Waals surface area contributed by atoms with Gasteiger partial charge in [0.1, 0.15) is 24.7 Å². The van der Waals surface area contributed by atoms with E-state index in [2.05, 4.69) is 4.98 Å². The molecule has 0 aromatic carbocycles. The van der Waals surface area contributed by atoms with Gasteiger partial charge in [-0.15, -0.1) is 0 Å². The first-order chi connectivity index (χ1) is 8.92. The van der Waals surface area contributed by atoms with Crippen LogP contribution in [-0.2, 0) is 6.18 Å². The summed E-state index contributed by atoms with van der Waals surface area (Å²) in [5.41, 5.74) is 1.05. The Morgan fingerprint density at radius 2 is 1.84 bits per heavy atom. The summed E-state index contributed by atoms with van der Waals surface area (Å²) in [5.74, 6) is 4.70. The van der Waals surface area contributed by atoms with Crippen molar-refractivity contribution in [1.82, 2.24) is 4.98 Å². The van der Waals surface area contributed by atoms with Crippen LogP contribution in [-0.4, -0.2) is 18.1 Å². The summed E-state index contributed by atoms with van der Waals surface area (Å²) < 4.78 is 38.0. The SMILES string of the molecule is N#CCN(CC#N)c1cc(C(F)(F)F)cc(NN)n1. The molecule has 3 N–H and O–H groups in total. The molecule has 0 radical (unpaired) electrons. The molecule has 1 aromatic heterocycles. The molecule has 19 heavy (non-hydrogen) atoms. The van der Waals surface area contributed by atoms with Crippen molar-refractivity contribution in [2.45, 2.75) is 6.18 Å². The van der Waals surface area contributed by atoms with Gasteiger partial charge in [-0.25, -0.2) is 10.8 Å². The highest BCUT2D eigenvalue weighted by Crippen LogP contribution is 2.32. The van der Waals surface area contributed by atoms with Crippen LogP contribution in [0.2, 0.25) is 0 Å². The molecule has 1 rings (SSSR count). The van der Waals surface area contributed by atoms with Gasteiger partial charge in [-0.05, 0) is 12.1 Å². The predicted octanol–water partition coefficient (Wildman–Crippen LogP) is 1.24. The normalized spacial score (nSPS) is 10.4. The third-order valence-electron chi connectivity index (χ3n) is 2.13. The van der Waals surface area contributed by atoms with E-state index in [0.717, 1.165) is 17.0 Å². The number of aromatic nitrogens is 1. The van der Waals surface area contributed by atoms with Gasteiger partial charge in [-0.3, -0.25) is 0 Å². The average molecular weight is 270 g/mol. The molecule has 9 heteroatoms. The average Bonchev–Trinajstić information content (AvgIpc) is 2.37. The number of nitrogens with one attached hydrogen (secondary N) is 1. The molecule has 0 spiro atoms. The van der Waals surface area contributed by atoms with Crippen LogP contribution in [0.1, 0.15) is 5.56 Å². The van der Waals surface area contributed by atoms with Gasteiger partial charge < -0.3 is 10.3 Å². The van der Waals surface area contributed by atoms with Crippen molar-refractivity contribution in [3.8, 4) is 12.1 Å². The van der Waals surface area contributed by atoms with Gasteiger partial charge in [-0.1, -0.05) is 0 Å². The first-order valence-corrected chi connectivity index (χ1v) is 4.97. The second-order valence-electron chi connectivity index (χ2n) is 3.41. The first kappa shape index (κ1) is 14.5. The number of nitrogen functional groups attached to an aromatic ring is 1. The lowest BCUT2D eigenvalue weighted by molar-refractivity contribution is -0.137. The molecule has 1 heterocycles. The van der Waals surface area contributed by atoms with E-state index in [9.17, 15) is 13.2 Å². The molecule has 6 nitrogen and oxygen atoms in total. The quantitative estimate of drug-likeness (QED) is 0.485. The summed E-state index contributed by atoms with van der Waals surface area (Å²) in [6.45, 7) is -0.516. The van der Waals surface area contributed by atoms with Crippen LogP contribution in [0.15, 0.2) is 12.1 Å². The Bertz CT molecular complexity index is 512. The van der Waals surface area contributed by atoms with E-state index in [1.54, 1.807) is 12.1 Å². The van der Waals surface area contributed by atoms with E-state index in [4.69, 9.17) is 16.4 Å². The van der Waals surface area contributed by atoms with Crippen molar-refractivity contribution in [1.29, 1.82) is 10.5 Å². The maximum absolute atomic E-state index is 12.7. The molecule has 0 saturated carbocycles. The number of pyridine rings is 1. The van der Waals surface area contributed by atoms with Gasteiger partial charge in [0.05, 0.1) is 17.7 Å². The zero-order valence-corrected chi connectivity index (χ0v) is 9.57. The number of hydrogen-bond acceptors (Lipinski definition) is 6. The first-order valence-electron chi connectivity index (χ1n) is 4.97. The number of nitrogens with two attached hydrogens (primary N) is 1. The maximum Gasteiger partial charge on any atom is 0.416 e. The Kier molecular flexibility index (Phi) is 4.51. The summed E-state index contributed by atoms with van der Waals surface area (Å²) in [6, 6.07) is 4.99. The van der Waals surface area contributed by atoms with Crippen LogP contribution >= 0.6 is 0 Å². The fourth-order valence-electron chi connectivity index (χ4n) is 1.30. The lowest BCUT2D eigenvalue weighted by Gasteiger charge is -2.19. The van der Waals surface area contributed by atoms with Crippen molar-refractivity contribution in [2.24, 2.45) is 5.84 Å². The minimum absolute atomic E-state index is 0.147. The highest BCUT2D eigenvalue weighted by Gasteiger charge is 2.32. The van der Waals surface area contributed by atoms with Crippen LogP contribution < -0.4 is 16.2 Å². The molecule has 0 aliphatic heterocycles. The van der Waals surface area contributed by atoms with E-state index in [1.807, 2.05) is 5.43 Å². The van der Waals surface area contributed by atoms with Crippen LogP contribution in [0.3, 0.4) is 0 Å². The van der Waals surface area contributed by atoms with Gasteiger partial charge in [-0.2, -0.15) is 23.7 Å². The number of anilines is 2. The number of alkyl halides is 3. The van der Waals surface area contributed by atoms with Crippen molar-refractivity contribution >= 4 is 11.6 Å². The second-order valence-corrected chi connectivity index (χ2v) is 3.41. The Balaban J connectivity index is 3.26. The number of nitrogens with zero attached hydrogens (tertiary/aromatic N) is 4. The minimum atomic E-state index is -4.58. The summed E-state index contributed by atoms with van der Waals surface area (Å²) >= 11 is 0. The second kappa shape index (κ2) is 5.89. The zero-order valence-electron chi connectivity index (χ0n) is 9.57. The van der Waals surface area contributed by atoms with E-state index in [0.29, 0.717) is 0 Å². The van der Waals surface area contributed by atoms with E-state index in [1.165, 1.54) is 0 Å². The minimum Gasteiger partial charge on any atom is -0.330 e. The standard InChI is InChI=1S/C10H9F3N6/c11-10(12,13)7-5-8(18-16)17-9(6-7)19(3-1-14)4-2-15/h5-6H,3-4,16H2,(H,17,18). The zero-order chi connectivity index (χ0) is 14.5. The molecule has 1 aromatic rings. The fourth-order valence-corrected chi connectivity index (χ4v) is 1.30. The smallest absolute Gasteiger partial charge is 0.330 e. The van der Waals surface area contributed by atoms with Gasteiger partial charge in [0.15, 0.2) is 0 Å². The van der Waals surface area contributed by atoms with Crippen molar-refractivity contribution in [3.05, 3.63) is 17.7 Å². The van der Waals surface area contributed by atoms with Gasteiger partial charge in [0.2, 0.25) is 0 Å². The van der Waals surface area contributed by atoms with E-state index in [-0.39, 0.29) is 24.7 Å². The van der Waals surface area contributed by atoms with Gasteiger partial charge >= 0.3 is 6.18 Å². The molecule has 0 atom stereocenters. The molecular formula is C10H9F3N6. The van der Waals surface area contributed by atoms with E-state index >= 15 is 0 Å². The lowest BCUT2D eigenvalue weighted by atomic mass is 10.2. The molecule has 100 valence electrons. The molecule has 0 aliphatic carbocycles. The summed E-state index contributed by atoms with van der Waals surface area (Å²) in [6.07, 6.45) is -4.58. The molecular weight excluding hydrogens is 261 g/mol.